The Hall–Kier alpha value is -2.93. The number of imide groups is 1. The number of nitrogens with one attached hydrogen (secondary N) is 2. The molecule has 1 aliphatic heterocycles. The summed E-state index contributed by atoms with van der Waals surface area (Å²) in [5.74, 6) is -0.485. The molecule has 1 aromatic heterocycles. The highest BCUT2D eigenvalue weighted by Crippen LogP contribution is 2.21. The summed E-state index contributed by atoms with van der Waals surface area (Å²) >= 11 is 0. The first-order valence-corrected chi connectivity index (χ1v) is 8.04. The van der Waals surface area contributed by atoms with E-state index in [-0.39, 0.29) is 18.5 Å². The first kappa shape index (κ1) is 16.9. The van der Waals surface area contributed by atoms with Gasteiger partial charge in [-0.15, -0.1) is 0 Å². The number of carbonyl (C=O) groups excluding carboxylic acids is 3. The molecular weight excluding hydrogens is 322 g/mol. The van der Waals surface area contributed by atoms with E-state index in [4.69, 9.17) is 4.42 Å². The van der Waals surface area contributed by atoms with E-state index in [0.29, 0.717) is 17.7 Å². The molecule has 0 saturated heterocycles. The predicted octanol–water partition coefficient (Wildman–Crippen LogP) is -0.122. The maximum atomic E-state index is 12.3. The Bertz CT molecular complexity index is 763. The lowest BCUT2D eigenvalue weighted by Gasteiger charge is -2.20. The van der Waals surface area contributed by atoms with Crippen LogP contribution in [0, 0.1) is 0 Å². The standard InChI is InChI=1S/C18H19N3O4/c1-20(2)14(15-8-5-9-25-15)10-19-16(22)11-21-17(23)12-6-3-4-7-13(12)18(21)24/h3-9,14H,10-11H2,1-2H3,(H,19,22)/p+1/t14-/m1/s1. The van der Waals surface area contributed by atoms with Crippen molar-refractivity contribution in [2.45, 2.75) is 6.04 Å². The molecule has 3 rings (SSSR count). The summed E-state index contributed by atoms with van der Waals surface area (Å²) in [4.78, 5) is 38.9. The maximum Gasteiger partial charge on any atom is 0.262 e. The highest BCUT2D eigenvalue weighted by molar-refractivity contribution is 6.22. The SMILES string of the molecule is C[NH+](C)[C@H](CNC(=O)CN1C(=O)c2ccccc2C1=O)c1ccco1. The highest BCUT2D eigenvalue weighted by Gasteiger charge is 2.36. The van der Waals surface area contributed by atoms with Crippen LogP contribution in [0.3, 0.4) is 0 Å². The minimum Gasteiger partial charge on any atom is -0.463 e. The van der Waals surface area contributed by atoms with Crippen molar-refractivity contribution in [1.82, 2.24) is 10.2 Å². The minimum atomic E-state index is -0.434. The quantitative estimate of drug-likeness (QED) is 0.717. The monoisotopic (exact) mass is 342 g/mol. The van der Waals surface area contributed by atoms with Crippen LogP contribution in [0.5, 0.6) is 0 Å². The Morgan fingerprint density at radius 2 is 1.76 bits per heavy atom. The molecule has 1 aromatic carbocycles. The van der Waals surface area contributed by atoms with Crippen molar-refractivity contribution in [3.8, 4) is 0 Å². The first-order valence-electron chi connectivity index (χ1n) is 8.04. The van der Waals surface area contributed by atoms with Crippen molar-refractivity contribution in [1.29, 1.82) is 0 Å². The van der Waals surface area contributed by atoms with Crippen molar-refractivity contribution in [2.75, 3.05) is 27.2 Å². The fourth-order valence-electron chi connectivity index (χ4n) is 2.88. The summed E-state index contributed by atoms with van der Waals surface area (Å²) in [5, 5.41) is 2.78. The van der Waals surface area contributed by atoms with Crippen LogP contribution in [0.2, 0.25) is 0 Å². The van der Waals surface area contributed by atoms with Gasteiger partial charge in [-0.3, -0.25) is 19.3 Å². The van der Waals surface area contributed by atoms with E-state index in [0.717, 1.165) is 15.6 Å². The molecule has 2 heterocycles. The van der Waals surface area contributed by atoms with Crippen LogP contribution < -0.4 is 10.2 Å². The van der Waals surface area contributed by atoms with Gasteiger partial charge in [-0.2, -0.15) is 0 Å². The molecule has 0 saturated carbocycles. The number of benzene rings is 1. The Kier molecular flexibility index (Phi) is 4.67. The Labute approximate surface area is 145 Å². The van der Waals surface area contributed by atoms with E-state index in [1.54, 1.807) is 36.6 Å². The van der Waals surface area contributed by atoms with Gasteiger partial charge < -0.3 is 14.6 Å². The molecule has 0 fully saturated rings. The van der Waals surface area contributed by atoms with Gasteiger partial charge in [0.15, 0.2) is 11.8 Å². The van der Waals surface area contributed by atoms with Crippen molar-refractivity contribution in [3.63, 3.8) is 0 Å². The van der Waals surface area contributed by atoms with Crippen LogP contribution in [-0.4, -0.2) is 49.8 Å². The second-order valence-electron chi connectivity index (χ2n) is 6.19. The van der Waals surface area contributed by atoms with Gasteiger partial charge >= 0.3 is 0 Å². The third-order valence-electron chi connectivity index (χ3n) is 4.27. The summed E-state index contributed by atoms with van der Waals surface area (Å²) in [6, 6.07) is 10.2. The number of nitrogens with zero attached hydrogens (tertiary/aromatic N) is 1. The van der Waals surface area contributed by atoms with E-state index in [9.17, 15) is 14.4 Å². The molecule has 0 spiro atoms. The van der Waals surface area contributed by atoms with Gasteiger partial charge in [0, 0.05) is 0 Å². The van der Waals surface area contributed by atoms with Crippen LogP contribution in [0.15, 0.2) is 47.1 Å². The summed E-state index contributed by atoms with van der Waals surface area (Å²) < 4.78 is 5.41. The molecule has 7 heteroatoms. The molecule has 25 heavy (non-hydrogen) atoms. The average Bonchev–Trinajstić information content (AvgIpc) is 3.19. The van der Waals surface area contributed by atoms with Crippen molar-refractivity contribution in [3.05, 3.63) is 59.5 Å². The molecule has 2 aromatic rings. The normalized spacial score (nSPS) is 14.8. The van der Waals surface area contributed by atoms with E-state index in [1.165, 1.54) is 0 Å². The van der Waals surface area contributed by atoms with E-state index in [2.05, 4.69) is 5.32 Å². The molecule has 2 N–H and O–H groups in total. The molecule has 1 atom stereocenters. The molecule has 1 aliphatic rings. The fraction of sp³-hybridized carbons (Fsp3) is 0.278. The van der Waals surface area contributed by atoms with Gasteiger partial charge in [-0.1, -0.05) is 12.1 Å². The number of furan rings is 1. The van der Waals surface area contributed by atoms with Gasteiger partial charge in [0.25, 0.3) is 11.8 Å². The summed E-state index contributed by atoms with van der Waals surface area (Å²) in [5.41, 5.74) is 0.679. The molecule has 0 unspecified atom stereocenters. The lowest BCUT2D eigenvalue weighted by Crippen LogP contribution is -3.07. The molecule has 7 nitrogen and oxygen atoms in total. The van der Waals surface area contributed by atoms with Crippen LogP contribution in [0.4, 0.5) is 0 Å². The summed E-state index contributed by atoms with van der Waals surface area (Å²) in [6.07, 6.45) is 1.59. The van der Waals surface area contributed by atoms with Gasteiger partial charge in [0.2, 0.25) is 5.91 Å². The Balaban J connectivity index is 1.62. The van der Waals surface area contributed by atoms with Crippen LogP contribution >= 0.6 is 0 Å². The number of fused-ring (bicyclic) bond motifs is 1. The topological polar surface area (TPSA) is 84.1 Å². The zero-order valence-corrected chi connectivity index (χ0v) is 14.1. The molecule has 130 valence electrons. The number of hydrogen-bond acceptors (Lipinski definition) is 4. The van der Waals surface area contributed by atoms with Gasteiger partial charge in [0.05, 0.1) is 38.0 Å². The fourth-order valence-corrected chi connectivity index (χ4v) is 2.88. The number of quaternary nitrogens is 1. The largest absolute Gasteiger partial charge is 0.463 e. The molecule has 0 radical (unpaired) electrons. The number of amides is 3. The Morgan fingerprint density at radius 1 is 1.12 bits per heavy atom. The van der Waals surface area contributed by atoms with Crippen LogP contribution in [0.25, 0.3) is 0 Å². The van der Waals surface area contributed by atoms with Gasteiger partial charge in [-0.25, -0.2) is 0 Å². The third kappa shape index (κ3) is 3.32. The van der Waals surface area contributed by atoms with E-state index in [1.807, 2.05) is 20.2 Å². The minimum absolute atomic E-state index is 0.0545. The highest BCUT2D eigenvalue weighted by atomic mass is 16.3. The van der Waals surface area contributed by atoms with Gasteiger partial charge in [0.1, 0.15) is 6.54 Å². The number of rotatable bonds is 6. The second-order valence-corrected chi connectivity index (χ2v) is 6.19. The molecular formula is C18H20N3O4+. The predicted molar refractivity (Wildman–Crippen MR) is 89.1 cm³/mol. The second kappa shape index (κ2) is 6.90. The van der Waals surface area contributed by atoms with Crippen molar-refractivity contribution >= 4 is 17.7 Å². The lowest BCUT2D eigenvalue weighted by molar-refractivity contribution is -0.891. The molecule has 3 amide bonds. The molecule has 0 aliphatic carbocycles. The zero-order valence-electron chi connectivity index (χ0n) is 14.1. The lowest BCUT2D eigenvalue weighted by atomic mass is 10.1. The summed E-state index contributed by atoms with van der Waals surface area (Å²) in [6.45, 7) is 0.0534. The first-order chi connectivity index (χ1) is 12.0. The number of hydrogen-bond donors (Lipinski definition) is 2. The number of carbonyl (C=O) groups is 3. The van der Waals surface area contributed by atoms with Crippen LogP contribution in [0.1, 0.15) is 32.5 Å². The number of likely N-dealkylation sites (N-methyl/N-ethyl adjacent to an activating group) is 1. The van der Waals surface area contributed by atoms with Crippen LogP contribution in [-0.2, 0) is 4.79 Å². The smallest absolute Gasteiger partial charge is 0.262 e. The van der Waals surface area contributed by atoms with E-state index >= 15 is 0 Å². The maximum absolute atomic E-state index is 12.3. The Morgan fingerprint density at radius 3 is 2.28 bits per heavy atom. The van der Waals surface area contributed by atoms with Gasteiger partial charge in [-0.05, 0) is 24.3 Å². The zero-order chi connectivity index (χ0) is 18.0. The molecule has 0 bridgehead atoms. The third-order valence-corrected chi connectivity index (χ3v) is 4.27. The van der Waals surface area contributed by atoms with Crippen molar-refractivity contribution in [2.24, 2.45) is 0 Å². The van der Waals surface area contributed by atoms with E-state index < -0.39 is 11.8 Å². The summed E-state index contributed by atoms with van der Waals surface area (Å²) in [7, 11) is 3.92. The van der Waals surface area contributed by atoms with Crippen molar-refractivity contribution < 1.29 is 23.7 Å². The average molecular weight is 342 g/mol.